The number of alkyl halides is 2. The summed E-state index contributed by atoms with van der Waals surface area (Å²) in [4.78, 5) is 20.9. The van der Waals surface area contributed by atoms with Crippen LogP contribution in [0.1, 0.15) is 45.2 Å². The van der Waals surface area contributed by atoms with Crippen LogP contribution in [0.2, 0.25) is 0 Å². The smallest absolute Gasteiger partial charge is 0.253 e. The van der Waals surface area contributed by atoms with Crippen LogP contribution in [0.15, 0.2) is 46.9 Å². The Morgan fingerprint density at radius 1 is 1.20 bits per heavy atom. The van der Waals surface area contributed by atoms with Crippen molar-refractivity contribution in [1.29, 1.82) is 0 Å². The van der Waals surface area contributed by atoms with Gasteiger partial charge in [-0.1, -0.05) is 18.2 Å². The number of piperidine rings is 1. The van der Waals surface area contributed by atoms with Crippen LogP contribution in [0.5, 0.6) is 0 Å². The second-order valence-electron chi connectivity index (χ2n) is 9.41. The van der Waals surface area contributed by atoms with Crippen molar-refractivity contribution in [1.82, 2.24) is 30.3 Å². The first-order valence-corrected chi connectivity index (χ1v) is 16.1. The van der Waals surface area contributed by atoms with Crippen LogP contribution in [-0.2, 0) is 27.6 Å². The minimum absolute atomic E-state index is 0.00825. The van der Waals surface area contributed by atoms with Gasteiger partial charge < -0.3 is 9.32 Å². The molecule has 5 rings (SSSR count). The number of carbonyl (C=O) groups excluding carboxylic acids is 1. The molecule has 0 saturated carbocycles. The van der Waals surface area contributed by atoms with Gasteiger partial charge in [-0.05, 0) is 35.4 Å². The van der Waals surface area contributed by atoms with Crippen molar-refractivity contribution >= 4 is 48.6 Å². The standard InChI is InChI=1S/C24H24F2N6O6S3/c1-41(36,37)20(21-30-29-19(38-21)13-27-31-40(34)35)22-28-17-6-5-15(12-18(17)39-22)14-3-2-4-16(11-14)23(33)32-9-7-24(25,26)8-10-32/h2-6,11-12,20,27,31H,7-10,13H2,1H3,(H,34,35). The summed E-state index contributed by atoms with van der Waals surface area (Å²) in [6.45, 7) is -0.151. The number of nitrogens with zero attached hydrogens (tertiary/aromatic N) is 4. The van der Waals surface area contributed by atoms with Crippen molar-refractivity contribution in [2.75, 3.05) is 19.3 Å². The molecular formula is C24H24F2N6O6S3. The molecule has 3 heterocycles. The number of nitrogens with one attached hydrogen (secondary N) is 2. The van der Waals surface area contributed by atoms with Crippen LogP contribution in [0.25, 0.3) is 21.3 Å². The van der Waals surface area contributed by atoms with Gasteiger partial charge in [0, 0.05) is 37.8 Å². The molecule has 17 heteroatoms. The van der Waals surface area contributed by atoms with Gasteiger partial charge in [0.1, 0.15) is 5.01 Å². The Morgan fingerprint density at radius 2 is 1.93 bits per heavy atom. The molecule has 218 valence electrons. The second-order valence-corrected chi connectivity index (χ2v) is 13.3. The molecule has 0 bridgehead atoms. The van der Waals surface area contributed by atoms with E-state index in [-0.39, 0.29) is 55.2 Å². The average molecular weight is 627 g/mol. The van der Waals surface area contributed by atoms with E-state index in [1.54, 1.807) is 30.3 Å². The fraction of sp³-hybridized carbons (Fsp3) is 0.333. The van der Waals surface area contributed by atoms with Gasteiger partial charge in [0.25, 0.3) is 11.8 Å². The van der Waals surface area contributed by atoms with Crippen LogP contribution in [0, 0.1) is 0 Å². The molecule has 41 heavy (non-hydrogen) atoms. The summed E-state index contributed by atoms with van der Waals surface area (Å²) >= 11 is -1.18. The summed E-state index contributed by atoms with van der Waals surface area (Å²) in [5.41, 5.74) is 4.80. The number of benzene rings is 2. The number of hydrazine groups is 1. The largest absolute Gasteiger partial charge is 0.422 e. The monoisotopic (exact) mass is 626 g/mol. The predicted octanol–water partition coefficient (Wildman–Crippen LogP) is 3.08. The Kier molecular flexibility index (Phi) is 8.27. The van der Waals surface area contributed by atoms with Crippen LogP contribution >= 0.6 is 11.3 Å². The van der Waals surface area contributed by atoms with Gasteiger partial charge >= 0.3 is 0 Å². The average Bonchev–Trinajstić information content (AvgIpc) is 3.54. The first kappa shape index (κ1) is 29.3. The fourth-order valence-electron chi connectivity index (χ4n) is 4.37. The number of sulfone groups is 1. The van der Waals surface area contributed by atoms with Crippen LogP contribution in [0.3, 0.4) is 0 Å². The Morgan fingerprint density at radius 3 is 2.63 bits per heavy atom. The Hall–Kier alpha value is -3.22. The highest BCUT2D eigenvalue weighted by atomic mass is 32.2. The van der Waals surface area contributed by atoms with Gasteiger partial charge in [-0.25, -0.2) is 31.8 Å². The van der Waals surface area contributed by atoms with Gasteiger partial charge in [0.15, 0.2) is 15.1 Å². The normalized spacial score (nSPS) is 17.0. The van der Waals surface area contributed by atoms with E-state index in [2.05, 4.69) is 20.6 Å². The molecule has 2 atom stereocenters. The Balaban J connectivity index is 1.40. The zero-order chi connectivity index (χ0) is 29.4. The lowest BCUT2D eigenvalue weighted by Crippen LogP contribution is -2.42. The molecule has 1 fully saturated rings. The first-order chi connectivity index (χ1) is 19.4. The molecule has 2 unspecified atom stereocenters. The summed E-state index contributed by atoms with van der Waals surface area (Å²) in [6, 6.07) is 12.2. The lowest BCUT2D eigenvalue weighted by Gasteiger charge is -2.31. The number of hydrogen-bond acceptors (Lipinski definition) is 10. The van der Waals surface area contributed by atoms with E-state index in [0.29, 0.717) is 15.8 Å². The highest BCUT2D eigenvalue weighted by Crippen LogP contribution is 2.36. The minimum Gasteiger partial charge on any atom is -0.422 e. The predicted molar refractivity (Wildman–Crippen MR) is 147 cm³/mol. The number of rotatable bonds is 9. The van der Waals surface area contributed by atoms with E-state index in [1.165, 1.54) is 4.90 Å². The quantitative estimate of drug-likeness (QED) is 0.186. The third-order valence-electron chi connectivity index (χ3n) is 6.39. The van der Waals surface area contributed by atoms with Gasteiger partial charge in [0.05, 0.1) is 16.8 Å². The molecule has 4 aromatic rings. The van der Waals surface area contributed by atoms with Gasteiger partial charge in [-0.2, -0.15) is 4.83 Å². The van der Waals surface area contributed by atoms with Crippen molar-refractivity contribution in [2.45, 2.75) is 30.6 Å². The highest BCUT2D eigenvalue weighted by molar-refractivity contribution is 7.91. The molecule has 3 N–H and O–H groups in total. The maximum Gasteiger partial charge on any atom is 0.253 e. The van der Waals surface area contributed by atoms with Crippen LogP contribution in [0.4, 0.5) is 8.78 Å². The second kappa shape index (κ2) is 11.6. The number of halogens is 2. The molecule has 1 saturated heterocycles. The van der Waals surface area contributed by atoms with E-state index in [9.17, 15) is 26.2 Å². The van der Waals surface area contributed by atoms with E-state index >= 15 is 0 Å². The fourth-order valence-corrected chi connectivity index (χ4v) is 7.10. The van der Waals surface area contributed by atoms with Crippen molar-refractivity contribution in [3.8, 4) is 11.1 Å². The molecule has 1 aliphatic heterocycles. The van der Waals surface area contributed by atoms with E-state index in [4.69, 9.17) is 8.97 Å². The number of amides is 1. The molecule has 2 aromatic carbocycles. The Bertz CT molecular complexity index is 1720. The lowest BCUT2D eigenvalue weighted by atomic mass is 10.0. The SMILES string of the molecule is CS(=O)(=O)C(c1nnc(CNNS(=O)O)o1)c1nc2ccc(-c3cccc(C(=O)N4CCC(F)(F)CC4)c3)cc2s1. The minimum atomic E-state index is -3.80. The molecular weight excluding hydrogens is 602 g/mol. The van der Waals surface area contributed by atoms with Gasteiger partial charge in [-0.15, -0.1) is 21.5 Å². The summed E-state index contributed by atoms with van der Waals surface area (Å²) in [5, 5.41) is 6.52. The number of carbonyl (C=O) groups is 1. The first-order valence-electron chi connectivity index (χ1n) is 12.2. The van der Waals surface area contributed by atoms with Gasteiger partial charge in [0.2, 0.25) is 23.0 Å². The lowest BCUT2D eigenvalue weighted by molar-refractivity contribution is -0.0494. The summed E-state index contributed by atoms with van der Waals surface area (Å²) in [6.07, 6.45) is 0.309. The van der Waals surface area contributed by atoms with E-state index in [1.807, 2.05) is 17.0 Å². The molecule has 12 nitrogen and oxygen atoms in total. The van der Waals surface area contributed by atoms with Crippen molar-refractivity contribution < 1.29 is 35.2 Å². The molecule has 2 aromatic heterocycles. The highest BCUT2D eigenvalue weighted by Gasteiger charge is 2.36. The zero-order valence-electron chi connectivity index (χ0n) is 21.4. The third kappa shape index (κ3) is 6.82. The molecule has 1 amide bonds. The number of aromatic nitrogens is 3. The topological polar surface area (TPSA) is 168 Å². The zero-order valence-corrected chi connectivity index (χ0v) is 23.9. The van der Waals surface area contributed by atoms with E-state index < -0.39 is 32.3 Å². The molecule has 0 spiro atoms. The molecule has 1 aliphatic rings. The number of fused-ring (bicyclic) bond motifs is 1. The Labute approximate surface area is 239 Å². The van der Waals surface area contributed by atoms with Crippen molar-refractivity contribution in [2.24, 2.45) is 0 Å². The molecule has 0 aliphatic carbocycles. The van der Waals surface area contributed by atoms with Crippen LogP contribution in [-0.4, -0.2) is 68.4 Å². The maximum absolute atomic E-state index is 13.5. The molecule has 0 radical (unpaired) electrons. The van der Waals surface area contributed by atoms with Gasteiger partial charge in [-0.3, -0.25) is 9.35 Å². The summed E-state index contributed by atoms with van der Waals surface area (Å²) < 4.78 is 78.2. The maximum atomic E-state index is 13.5. The van der Waals surface area contributed by atoms with Crippen LogP contribution < -0.4 is 10.3 Å². The third-order valence-corrected chi connectivity index (χ3v) is 9.22. The van der Waals surface area contributed by atoms with E-state index in [0.717, 1.165) is 28.7 Å². The number of likely N-dealkylation sites (tertiary alicyclic amines) is 1. The summed E-state index contributed by atoms with van der Waals surface area (Å²) in [5.74, 6) is -3.27. The van der Waals surface area contributed by atoms with Crippen molar-refractivity contribution in [3.63, 3.8) is 0 Å². The number of hydrogen-bond donors (Lipinski definition) is 3. The number of thiazole rings is 1. The van der Waals surface area contributed by atoms with Crippen molar-refractivity contribution in [3.05, 3.63) is 64.8 Å². The summed E-state index contributed by atoms with van der Waals surface area (Å²) in [7, 11) is -3.80.